The Morgan fingerprint density at radius 3 is 2.80 bits per heavy atom. The zero-order valence-electron chi connectivity index (χ0n) is 11.3. The van der Waals surface area contributed by atoms with Gasteiger partial charge in [-0.1, -0.05) is 0 Å². The highest BCUT2D eigenvalue weighted by atomic mass is 16.4. The van der Waals surface area contributed by atoms with Crippen LogP contribution in [-0.2, 0) is 17.6 Å². The lowest BCUT2D eigenvalue weighted by Gasteiger charge is -2.14. The maximum absolute atomic E-state index is 12.3. The van der Waals surface area contributed by atoms with Gasteiger partial charge in [-0.05, 0) is 44.9 Å². The summed E-state index contributed by atoms with van der Waals surface area (Å²) in [6, 6.07) is -0.0421. The van der Waals surface area contributed by atoms with Gasteiger partial charge in [0.05, 0.1) is 5.92 Å². The molecule has 1 aromatic rings. The Balaban J connectivity index is 1.65. The molecule has 0 spiro atoms. The Morgan fingerprint density at radius 2 is 2.05 bits per heavy atom. The number of aliphatic carboxylic acids is 1. The van der Waals surface area contributed by atoms with Gasteiger partial charge in [0, 0.05) is 17.3 Å². The summed E-state index contributed by atoms with van der Waals surface area (Å²) >= 11 is 0. The van der Waals surface area contributed by atoms with E-state index in [9.17, 15) is 9.59 Å². The number of carboxylic acid groups (broad SMARTS) is 1. The van der Waals surface area contributed by atoms with Crippen LogP contribution in [0.2, 0.25) is 0 Å². The van der Waals surface area contributed by atoms with Gasteiger partial charge in [0.1, 0.15) is 0 Å². The van der Waals surface area contributed by atoms with Crippen LogP contribution < -0.4 is 5.32 Å². The number of nitrogens with zero attached hydrogens (tertiary/aromatic N) is 1. The van der Waals surface area contributed by atoms with Gasteiger partial charge in [-0.15, -0.1) is 0 Å². The summed E-state index contributed by atoms with van der Waals surface area (Å²) in [5.74, 6) is -1.26. The van der Waals surface area contributed by atoms with Gasteiger partial charge in [-0.25, -0.2) is 0 Å². The Morgan fingerprint density at radius 1 is 1.25 bits per heavy atom. The third-order valence-corrected chi connectivity index (χ3v) is 4.39. The van der Waals surface area contributed by atoms with Gasteiger partial charge in [0.15, 0.2) is 5.69 Å². The molecule has 2 atom stereocenters. The normalized spacial score (nSPS) is 25.2. The topological polar surface area (TPSA) is 95.1 Å². The molecule has 108 valence electrons. The number of H-pyrrole nitrogens is 1. The van der Waals surface area contributed by atoms with Crippen LogP contribution in [0.15, 0.2) is 0 Å². The van der Waals surface area contributed by atoms with E-state index in [1.165, 1.54) is 0 Å². The fourth-order valence-corrected chi connectivity index (χ4v) is 3.26. The predicted octanol–water partition coefficient (Wildman–Crippen LogP) is 1.27. The number of aromatic amines is 1. The first-order valence-corrected chi connectivity index (χ1v) is 7.25. The minimum absolute atomic E-state index is 0.0421. The summed E-state index contributed by atoms with van der Waals surface area (Å²) in [6.07, 6.45) is 5.98. The summed E-state index contributed by atoms with van der Waals surface area (Å²) in [5.41, 5.74) is 2.62. The first-order valence-electron chi connectivity index (χ1n) is 7.25. The Hall–Kier alpha value is -1.85. The smallest absolute Gasteiger partial charge is 0.306 e. The largest absolute Gasteiger partial charge is 0.481 e. The van der Waals surface area contributed by atoms with Crippen molar-refractivity contribution in [2.24, 2.45) is 5.92 Å². The number of fused-ring (bicyclic) bond motifs is 1. The summed E-state index contributed by atoms with van der Waals surface area (Å²) in [5, 5.41) is 19.0. The first-order chi connectivity index (χ1) is 9.65. The molecule has 0 radical (unpaired) electrons. The number of carbonyl (C=O) groups is 2. The van der Waals surface area contributed by atoms with Gasteiger partial charge in [0.25, 0.3) is 5.91 Å². The number of hydrogen-bond donors (Lipinski definition) is 3. The quantitative estimate of drug-likeness (QED) is 0.775. The molecular weight excluding hydrogens is 258 g/mol. The number of amides is 1. The van der Waals surface area contributed by atoms with Crippen LogP contribution in [-0.4, -0.2) is 33.2 Å². The molecule has 0 aliphatic heterocycles. The number of aromatic nitrogens is 2. The van der Waals surface area contributed by atoms with E-state index in [1.54, 1.807) is 0 Å². The van der Waals surface area contributed by atoms with E-state index in [2.05, 4.69) is 15.5 Å². The summed E-state index contributed by atoms with van der Waals surface area (Å²) in [7, 11) is 0. The number of carboxylic acids is 1. The van der Waals surface area contributed by atoms with E-state index in [1.807, 2.05) is 0 Å². The number of carbonyl (C=O) groups excluding carboxylic acids is 1. The average molecular weight is 277 g/mol. The van der Waals surface area contributed by atoms with Crippen molar-refractivity contribution < 1.29 is 14.7 Å². The van der Waals surface area contributed by atoms with E-state index in [-0.39, 0.29) is 17.9 Å². The van der Waals surface area contributed by atoms with Crippen LogP contribution in [0.1, 0.15) is 53.8 Å². The SMILES string of the molecule is O=C(N[C@@H]1CC[C@H](C(=O)O)C1)c1n[nH]c2c1CCCC2. The predicted molar refractivity (Wildman–Crippen MR) is 71.5 cm³/mol. The van der Waals surface area contributed by atoms with Crippen molar-refractivity contribution in [3.8, 4) is 0 Å². The molecule has 1 amide bonds. The second-order valence-electron chi connectivity index (χ2n) is 5.76. The van der Waals surface area contributed by atoms with Crippen molar-refractivity contribution >= 4 is 11.9 Å². The molecule has 6 heteroatoms. The first kappa shape index (κ1) is 13.1. The number of nitrogens with one attached hydrogen (secondary N) is 2. The lowest BCUT2D eigenvalue weighted by atomic mass is 9.95. The molecule has 3 N–H and O–H groups in total. The van der Waals surface area contributed by atoms with Gasteiger partial charge in [0.2, 0.25) is 0 Å². The molecule has 1 fully saturated rings. The minimum Gasteiger partial charge on any atom is -0.481 e. The highest BCUT2D eigenvalue weighted by Gasteiger charge is 2.31. The molecular formula is C14H19N3O3. The molecule has 6 nitrogen and oxygen atoms in total. The molecule has 2 aliphatic carbocycles. The fraction of sp³-hybridized carbons (Fsp3) is 0.643. The minimum atomic E-state index is -0.765. The number of hydrogen-bond acceptors (Lipinski definition) is 3. The molecule has 1 heterocycles. The highest BCUT2D eigenvalue weighted by molar-refractivity contribution is 5.94. The highest BCUT2D eigenvalue weighted by Crippen LogP contribution is 2.27. The lowest BCUT2D eigenvalue weighted by Crippen LogP contribution is -2.34. The van der Waals surface area contributed by atoms with Crippen LogP contribution in [0.5, 0.6) is 0 Å². The molecule has 0 saturated heterocycles. The summed E-state index contributed by atoms with van der Waals surface area (Å²) in [6.45, 7) is 0. The second-order valence-corrected chi connectivity index (χ2v) is 5.76. The maximum Gasteiger partial charge on any atom is 0.306 e. The second kappa shape index (κ2) is 5.26. The molecule has 0 aromatic carbocycles. The van der Waals surface area contributed by atoms with Crippen LogP contribution in [0, 0.1) is 5.92 Å². The van der Waals surface area contributed by atoms with Crippen LogP contribution in [0.3, 0.4) is 0 Å². The zero-order valence-corrected chi connectivity index (χ0v) is 11.3. The Kier molecular flexibility index (Phi) is 3.46. The zero-order chi connectivity index (χ0) is 14.1. The Labute approximate surface area is 116 Å². The van der Waals surface area contributed by atoms with Crippen molar-refractivity contribution in [1.82, 2.24) is 15.5 Å². The Bertz CT molecular complexity index is 538. The summed E-state index contributed by atoms with van der Waals surface area (Å²) in [4.78, 5) is 23.2. The number of aryl methyl sites for hydroxylation is 1. The molecule has 0 unspecified atom stereocenters. The molecule has 1 aromatic heterocycles. The van der Waals surface area contributed by atoms with E-state index >= 15 is 0 Å². The maximum atomic E-state index is 12.3. The van der Waals surface area contributed by atoms with Gasteiger partial charge >= 0.3 is 5.97 Å². The molecule has 2 aliphatic rings. The van der Waals surface area contributed by atoms with Crippen LogP contribution in [0.4, 0.5) is 0 Å². The van der Waals surface area contributed by atoms with Gasteiger partial charge in [-0.3, -0.25) is 14.7 Å². The average Bonchev–Trinajstić information content (AvgIpc) is 3.04. The van der Waals surface area contributed by atoms with Crippen molar-refractivity contribution in [1.29, 1.82) is 0 Å². The lowest BCUT2D eigenvalue weighted by molar-refractivity contribution is -0.141. The van der Waals surface area contributed by atoms with E-state index in [4.69, 9.17) is 5.11 Å². The summed E-state index contributed by atoms with van der Waals surface area (Å²) < 4.78 is 0. The van der Waals surface area contributed by atoms with E-state index < -0.39 is 5.97 Å². The van der Waals surface area contributed by atoms with Crippen molar-refractivity contribution in [3.05, 3.63) is 17.0 Å². The molecule has 3 rings (SSSR count). The van der Waals surface area contributed by atoms with Crippen molar-refractivity contribution in [2.45, 2.75) is 51.0 Å². The van der Waals surface area contributed by atoms with Crippen LogP contribution >= 0.6 is 0 Å². The van der Waals surface area contributed by atoms with E-state index in [0.717, 1.165) is 43.4 Å². The van der Waals surface area contributed by atoms with E-state index in [0.29, 0.717) is 18.5 Å². The monoisotopic (exact) mass is 277 g/mol. The van der Waals surface area contributed by atoms with Gasteiger partial charge in [-0.2, -0.15) is 5.10 Å². The number of rotatable bonds is 3. The van der Waals surface area contributed by atoms with Crippen molar-refractivity contribution in [3.63, 3.8) is 0 Å². The molecule has 20 heavy (non-hydrogen) atoms. The fourth-order valence-electron chi connectivity index (χ4n) is 3.26. The van der Waals surface area contributed by atoms with Crippen molar-refractivity contribution in [2.75, 3.05) is 0 Å². The third-order valence-electron chi connectivity index (χ3n) is 4.39. The van der Waals surface area contributed by atoms with Crippen LogP contribution in [0.25, 0.3) is 0 Å². The van der Waals surface area contributed by atoms with Gasteiger partial charge < -0.3 is 10.4 Å². The standard InChI is InChI=1S/C14H19N3O3/c18-13(15-9-6-5-8(7-9)14(19)20)12-10-3-1-2-4-11(10)16-17-12/h8-9H,1-7H2,(H,15,18)(H,16,17)(H,19,20)/t8-,9+/m0/s1. The molecule has 1 saturated carbocycles. The molecule has 0 bridgehead atoms. The third kappa shape index (κ3) is 2.42.